The molecule has 1 atom stereocenters. The number of fused-ring (bicyclic) bond motifs is 1. The van der Waals surface area contributed by atoms with Gasteiger partial charge in [-0.15, -0.1) is 11.3 Å². The standard InChI is InChI=1S/C18H14Cl2F3N3O3S/c1-7-12(19)15(18(21,22)23)25-26(7)8(2)16(27)24-9-4-5-10-11(6-9)30-14(13(10)20)17(28)29-3/h4-6,8H,1-3H3,(H,24,27). The largest absolute Gasteiger partial charge is 0.465 e. The molecule has 0 spiro atoms. The van der Waals surface area contributed by atoms with Gasteiger partial charge in [-0.3, -0.25) is 9.48 Å². The Morgan fingerprint density at radius 3 is 2.50 bits per heavy atom. The van der Waals surface area contributed by atoms with Crippen LogP contribution in [-0.2, 0) is 15.7 Å². The number of aromatic nitrogens is 2. The first-order chi connectivity index (χ1) is 14.0. The van der Waals surface area contributed by atoms with Crippen molar-refractivity contribution >= 4 is 62.2 Å². The smallest absolute Gasteiger partial charge is 0.436 e. The Labute approximate surface area is 182 Å². The highest BCUT2D eigenvalue weighted by Gasteiger charge is 2.39. The Hall–Kier alpha value is -2.30. The van der Waals surface area contributed by atoms with Gasteiger partial charge in [-0.05, 0) is 32.0 Å². The molecule has 0 saturated heterocycles. The predicted molar refractivity (Wildman–Crippen MR) is 108 cm³/mol. The molecule has 0 bridgehead atoms. The van der Waals surface area contributed by atoms with Crippen molar-refractivity contribution in [3.05, 3.63) is 44.5 Å². The summed E-state index contributed by atoms with van der Waals surface area (Å²) >= 11 is 13.0. The number of nitrogens with zero attached hydrogens (tertiary/aromatic N) is 2. The molecule has 6 nitrogen and oxygen atoms in total. The first kappa shape index (κ1) is 22.4. The number of methoxy groups -OCH3 is 1. The maximum atomic E-state index is 13.0. The number of benzene rings is 1. The third-order valence-corrected chi connectivity index (χ3v) is 6.45. The molecule has 1 N–H and O–H groups in total. The lowest BCUT2D eigenvalue weighted by Crippen LogP contribution is -2.25. The number of carbonyl (C=O) groups is 2. The summed E-state index contributed by atoms with van der Waals surface area (Å²) in [4.78, 5) is 24.6. The molecule has 0 aliphatic rings. The summed E-state index contributed by atoms with van der Waals surface area (Å²) in [5.41, 5.74) is -0.846. The Balaban J connectivity index is 1.87. The van der Waals surface area contributed by atoms with E-state index in [2.05, 4.69) is 15.2 Å². The highest BCUT2D eigenvalue weighted by Crippen LogP contribution is 2.38. The van der Waals surface area contributed by atoms with E-state index in [0.717, 1.165) is 16.0 Å². The number of rotatable bonds is 4. The number of thiophene rings is 1. The van der Waals surface area contributed by atoms with Crippen molar-refractivity contribution in [2.24, 2.45) is 0 Å². The summed E-state index contributed by atoms with van der Waals surface area (Å²) in [6.45, 7) is 2.75. The number of anilines is 1. The number of esters is 1. The first-order valence-corrected chi connectivity index (χ1v) is 9.96. The van der Waals surface area contributed by atoms with Crippen LogP contribution in [0.5, 0.6) is 0 Å². The molecule has 30 heavy (non-hydrogen) atoms. The second kappa shape index (κ2) is 8.09. The minimum Gasteiger partial charge on any atom is -0.465 e. The molecule has 0 aliphatic carbocycles. The maximum absolute atomic E-state index is 13.0. The number of hydrogen-bond donors (Lipinski definition) is 1. The SMILES string of the molecule is COC(=O)c1sc2cc(NC(=O)C(C)n3nc(C(F)(F)F)c(Cl)c3C)ccc2c1Cl. The molecule has 0 aliphatic heterocycles. The lowest BCUT2D eigenvalue weighted by Gasteiger charge is -2.14. The van der Waals surface area contributed by atoms with E-state index < -0.39 is 34.8 Å². The number of carbonyl (C=O) groups excluding carboxylic acids is 2. The van der Waals surface area contributed by atoms with Crippen molar-refractivity contribution in [2.45, 2.75) is 26.1 Å². The van der Waals surface area contributed by atoms with E-state index >= 15 is 0 Å². The Bertz CT molecular complexity index is 1160. The van der Waals surface area contributed by atoms with E-state index in [0.29, 0.717) is 15.8 Å². The third kappa shape index (κ3) is 3.99. The van der Waals surface area contributed by atoms with Gasteiger partial charge in [0, 0.05) is 15.8 Å². The zero-order valence-electron chi connectivity index (χ0n) is 15.7. The maximum Gasteiger partial charge on any atom is 0.436 e. The molecule has 0 saturated carbocycles. The Morgan fingerprint density at radius 1 is 1.27 bits per heavy atom. The van der Waals surface area contributed by atoms with Crippen LogP contribution in [0.25, 0.3) is 10.1 Å². The average Bonchev–Trinajstić information content (AvgIpc) is 3.17. The van der Waals surface area contributed by atoms with Crippen LogP contribution in [0.2, 0.25) is 10.0 Å². The number of halogens is 5. The van der Waals surface area contributed by atoms with Gasteiger partial charge in [0.1, 0.15) is 10.9 Å². The van der Waals surface area contributed by atoms with Crippen molar-refractivity contribution in [3.63, 3.8) is 0 Å². The second-order valence-electron chi connectivity index (χ2n) is 6.30. The predicted octanol–water partition coefficient (Wildman–Crippen LogP) is 5.72. The molecule has 0 radical (unpaired) electrons. The van der Waals surface area contributed by atoms with E-state index in [-0.39, 0.29) is 15.6 Å². The summed E-state index contributed by atoms with van der Waals surface area (Å²) in [7, 11) is 1.24. The molecule has 1 aromatic carbocycles. The van der Waals surface area contributed by atoms with Crippen molar-refractivity contribution in [2.75, 3.05) is 12.4 Å². The summed E-state index contributed by atoms with van der Waals surface area (Å²) in [5.74, 6) is -1.17. The molecule has 160 valence electrons. The van der Waals surface area contributed by atoms with Gasteiger partial charge >= 0.3 is 12.1 Å². The van der Waals surface area contributed by atoms with E-state index in [1.807, 2.05) is 0 Å². The molecule has 12 heteroatoms. The Kier molecular flexibility index (Phi) is 6.03. The van der Waals surface area contributed by atoms with Crippen molar-refractivity contribution in [3.8, 4) is 0 Å². The van der Waals surface area contributed by atoms with E-state index in [1.165, 1.54) is 21.0 Å². The lowest BCUT2D eigenvalue weighted by molar-refractivity contribution is -0.141. The van der Waals surface area contributed by atoms with Crippen LogP contribution in [0.15, 0.2) is 18.2 Å². The van der Waals surface area contributed by atoms with Gasteiger partial charge < -0.3 is 10.1 Å². The fourth-order valence-electron chi connectivity index (χ4n) is 2.78. The van der Waals surface area contributed by atoms with Crippen LogP contribution in [0.1, 0.15) is 34.0 Å². The summed E-state index contributed by atoms with van der Waals surface area (Å²) in [6, 6.07) is 3.73. The number of hydrogen-bond acceptors (Lipinski definition) is 5. The van der Waals surface area contributed by atoms with Crippen LogP contribution in [0.4, 0.5) is 18.9 Å². The molecule has 2 heterocycles. The minimum absolute atomic E-state index is 0.0230. The summed E-state index contributed by atoms with van der Waals surface area (Å²) < 4.78 is 45.3. The van der Waals surface area contributed by atoms with Crippen molar-refractivity contribution in [1.82, 2.24) is 9.78 Å². The topological polar surface area (TPSA) is 73.2 Å². The van der Waals surface area contributed by atoms with Crippen LogP contribution in [-0.4, -0.2) is 28.8 Å². The van der Waals surface area contributed by atoms with Crippen molar-refractivity contribution < 1.29 is 27.5 Å². The van der Waals surface area contributed by atoms with Gasteiger partial charge in [0.2, 0.25) is 5.91 Å². The highest BCUT2D eigenvalue weighted by atomic mass is 35.5. The number of ether oxygens (including phenoxy) is 1. The number of nitrogens with one attached hydrogen (secondary N) is 1. The monoisotopic (exact) mass is 479 g/mol. The van der Waals surface area contributed by atoms with Gasteiger partial charge in [0.15, 0.2) is 5.69 Å². The normalized spacial score (nSPS) is 12.8. The molecule has 1 unspecified atom stereocenters. The molecule has 3 rings (SSSR count). The summed E-state index contributed by atoms with van der Waals surface area (Å²) in [5, 5.41) is 6.40. The van der Waals surface area contributed by atoms with E-state index in [9.17, 15) is 22.8 Å². The quantitative estimate of drug-likeness (QED) is 0.485. The van der Waals surface area contributed by atoms with Crippen LogP contribution >= 0.6 is 34.5 Å². The second-order valence-corrected chi connectivity index (χ2v) is 8.11. The van der Waals surface area contributed by atoms with Gasteiger partial charge in [-0.25, -0.2) is 4.79 Å². The average molecular weight is 480 g/mol. The summed E-state index contributed by atoms with van der Waals surface area (Å²) in [6.07, 6.45) is -4.73. The molecule has 0 fully saturated rings. The van der Waals surface area contributed by atoms with Crippen LogP contribution in [0.3, 0.4) is 0 Å². The van der Waals surface area contributed by atoms with Gasteiger partial charge in [0.05, 0.1) is 22.8 Å². The zero-order chi connectivity index (χ0) is 22.4. The molecular weight excluding hydrogens is 466 g/mol. The van der Waals surface area contributed by atoms with Crippen LogP contribution < -0.4 is 5.32 Å². The number of amides is 1. The van der Waals surface area contributed by atoms with Gasteiger partial charge in [-0.2, -0.15) is 18.3 Å². The fourth-order valence-corrected chi connectivity index (χ4v) is 4.48. The van der Waals surface area contributed by atoms with Crippen LogP contribution in [0, 0.1) is 6.92 Å². The molecule has 3 aromatic rings. The zero-order valence-corrected chi connectivity index (χ0v) is 18.1. The Morgan fingerprint density at radius 2 is 1.93 bits per heavy atom. The van der Waals surface area contributed by atoms with Gasteiger partial charge in [0.25, 0.3) is 0 Å². The van der Waals surface area contributed by atoms with Gasteiger partial charge in [-0.1, -0.05) is 23.2 Å². The third-order valence-electron chi connectivity index (χ3n) is 4.36. The van der Waals surface area contributed by atoms with E-state index in [4.69, 9.17) is 23.2 Å². The lowest BCUT2D eigenvalue weighted by atomic mass is 10.2. The number of alkyl halides is 3. The minimum atomic E-state index is -4.73. The molecule has 1 amide bonds. The highest BCUT2D eigenvalue weighted by molar-refractivity contribution is 7.21. The fraction of sp³-hybridized carbons (Fsp3) is 0.278. The van der Waals surface area contributed by atoms with Crippen molar-refractivity contribution in [1.29, 1.82) is 0 Å². The first-order valence-electron chi connectivity index (χ1n) is 8.38. The van der Waals surface area contributed by atoms with E-state index in [1.54, 1.807) is 18.2 Å². The molecule has 2 aromatic heterocycles. The molecular formula is C18H14Cl2F3N3O3S.